The number of carbonyl (C=O) groups excluding carboxylic acids is 1. The Balaban J connectivity index is 1.51. The van der Waals surface area contributed by atoms with Crippen LogP contribution < -0.4 is 0 Å². The number of nitrogens with zero attached hydrogens (tertiary/aromatic N) is 4. The number of hydrogen-bond acceptors (Lipinski definition) is 3. The molecule has 6 heteroatoms. The number of fused-ring (bicyclic) bond motifs is 1. The normalized spacial score (nSPS) is 15.5. The minimum absolute atomic E-state index is 0.0601. The highest BCUT2D eigenvalue weighted by molar-refractivity contribution is 5.97. The first-order valence-electron chi connectivity index (χ1n) is 6.53. The molecule has 6 nitrogen and oxygen atoms in total. The van der Waals surface area contributed by atoms with Gasteiger partial charge in [0.25, 0.3) is 5.91 Å². The fourth-order valence-electron chi connectivity index (χ4n) is 2.54. The summed E-state index contributed by atoms with van der Waals surface area (Å²) in [5.74, 6) is 0.0601. The number of hydrogen-bond donors (Lipinski definition) is 1. The Morgan fingerprint density at radius 2 is 2.25 bits per heavy atom. The fraction of sp³-hybridized carbons (Fsp3) is 0.214. The van der Waals surface area contributed by atoms with Crippen LogP contribution in [0, 0.1) is 0 Å². The van der Waals surface area contributed by atoms with Crippen LogP contribution in [-0.2, 0) is 0 Å². The molecule has 100 valence electrons. The summed E-state index contributed by atoms with van der Waals surface area (Å²) >= 11 is 0. The van der Waals surface area contributed by atoms with E-state index >= 15 is 0 Å². The summed E-state index contributed by atoms with van der Waals surface area (Å²) in [6, 6.07) is 7.74. The molecule has 1 fully saturated rings. The van der Waals surface area contributed by atoms with Gasteiger partial charge in [-0.05, 0) is 24.3 Å². The molecule has 1 aliphatic rings. The van der Waals surface area contributed by atoms with Crippen molar-refractivity contribution >= 4 is 16.9 Å². The SMILES string of the molecule is O=C(c1ccc2nc[nH]c2c1)N1CC(n2cccn2)C1. The van der Waals surface area contributed by atoms with Gasteiger partial charge in [-0.3, -0.25) is 9.48 Å². The van der Waals surface area contributed by atoms with E-state index in [1.54, 1.807) is 12.5 Å². The first-order valence-corrected chi connectivity index (χ1v) is 6.53. The lowest BCUT2D eigenvalue weighted by Gasteiger charge is -2.39. The summed E-state index contributed by atoms with van der Waals surface area (Å²) in [6.07, 6.45) is 5.33. The molecule has 0 saturated carbocycles. The zero-order valence-electron chi connectivity index (χ0n) is 10.7. The number of aromatic nitrogens is 4. The highest BCUT2D eigenvalue weighted by Gasteiger charge is 2.32. The second kappa shape index (κ2) is 4.19. The molecule has 0 aliphatic carbocycles. The summed E-state index contributed by atoms with van der Waals surface area (Å²) in [7, 11) is 0. The Bertz CT molecular complexity index is 755. The second-order valence-corrected chi connectivity index (χ2v) is 4.98. The Morgan fingerprint density at radius 3 is 3.05 bits per heavy atom. The van der Waals surface area contributed by atoms with E-state index in [1.165, 1.54) is 0 Å². The van der Waals surface area contributed by atoms with Crippen molar-refractivity contribution in [2.75, 3.05) is 13.1 Å². The Hall–Kier alpha value is -2.63. The van der Waals surface area contributed by atoms with Crippen LogP contribution in [0.3, 0.4) is 0 Å². The van der Waals surface area contributed by atoms with Gasteiger partial charge in [-0.2, -0.15) is 5.10 Å². The predicted octanol–water partition coefficient (Wildman–Crippen LogP) is 1.46. The summed E-state index contributed by atoms with van der Waals surface area (Å²) in [5.41, 5.74) is 2.46. The molecule has 3 heterocycles. The number of imidazole rings is 1. The van der Waals surface area contributed by atoms with Gasteiger partial charge in [0, 0.05) is 31.0 Å². The average molecular weight is 267 g/mol. The zero-order chi connectivity index (χ0) is 13.5. The van der Waals surface area contributed by atoms with Crippen LogP contribution in [0.25, 0.3) is 11.0 Å². The minimum Gasteiger partial charge on any atom is -0.345 e. The molecule has 0 spiro atoms. The molecule has 1 aromatic carbocycles. The third kappa shape index (κ3) is 1.69. The number of aromatic amines is 1. The molecule has 2 aromatic heterocycles. The molecule has 1 amide bonds. The molecule has 0 radical (unpaired) electrons. The van der Waals surface area contributed by atoms with E-state index in [0.717, 1.165) is 11.0 Å². The molecule has 0 bridgehead atoms. The van der Waals surface area contributed by atoms with Gasteiger partial charge in [0.15, 0.2) is 0 Å². The number of benzene rings is 1. The van der Waals surface area contributed by atoms with Crippen LogP contribution in [0.15, 0.2) is 43.0 Å². The second-order valence-electron chi connectivity index (χ2n) is 4.98. The van der Waals surface area contributed by atoms with E-state index in [2.05, 4.69) is 15.1 Å². The molecule has 1 N–H and O–H groups in total. The summed E-state index contributed by atoms with van der Waals surface area (Å²) < 4.78 is 1.90. The van der Waals surface area contributed by atoms with Gasteiger partial charge >= 0.3 is 0 Å². The Kier molecular flexibility index (Phi) is 2.35. The number of likely N-dealkylation sites (tertiary alicyclic amines) is 1. The first kappa shape index (κ1) is 11.2. The molecule has 1 saturated heterocycles. The fourth-order valence-corrected chi connectivity index (χ4v) is 2.54. The Morgan fingerprint density at radius 1 is 1.35 bits per heavy atom. The monoisotopic (exact) mass is 267 g/mol. The van der Waals surface area contributed by atoms with Gasteiger partial charge in [-0.1, -0.05) is 0 Å². The average Bonchev–Trinajstić information content (AvgIpc) is 3.06. The first-order chi connectivity index (χ1) is 9.81. The standard InChI is InChI=1S/C14H13N5O/c20-14(10-2-3-12-13(6-10)16-9-15-12)18-7-11(8-18)19-5-1-4-17-19/h1-6,9,11H,7-8H2,(H,15,16). The molecule has 0 unspecified atom stereocenters. The van der Waals surface area contributed by atoms with E-state index in [4.69, 9.17) is 0 Å². The number of amides is 1. The smallest absolute Gasteiger partial charge is 0.254 e. The lowest BCUT2D eigenvalue weighted by atomic mass is 10.1. The summed E-state index contributed by atoms with van der Waals surface area (Å²) in [5, 5.41) is 4.20. The van der Waals surface area contributed by atoms with Crippen molar-refractivity contribution in [3.05, 3.63) is 48.5 Å². The topological polar surface area (TPSA) is 66.8 Å². The molecule has 1 aliphatic heterocycles. The van der Waals surface area contributed by atoms with E-state index in [9.17, 15) is 4.79 Å². The van der Waals surface area contributed by atoms with Crippen LogP contribution in [-0.4, -0.2) is 43.6 Å². The Labute approximate surface area is 115 Å². The van der Waals surface area contributed by atoms with Crippen LogP contribution >= 0.6 is 0 Å². The third-order valence-corrected chi connectivity index (χ3v) is 3.72. The van der Waals surface area contributed by atoms with Crippen molar-refractivity contribution in [3.8, 4) is 0 Å². The van der Waals surface area contributed by atoms with Crippen LogP contribution in [0.5, 0.6) is 0 Å². The molecular formula is C14H13N5O. The van der Waals surface area contributed by atoms with Crippen molar-refractivity contribution in [3.63, 3.8) is 0 Å². The van der Waals surface area contributed by atoms with Crippen LogP contribution in [0.4, 0.5) is 0 Å². The van der Waals surface area contributed by atoms with Crippen molar-refractivity contribution in [2.45, 2.75) is 6.04 Å². The zero-order valence-corrected chi connectivity index (χ0v) is 10.7. The molecule has 20 heavy (non-hydrogen) atoms. The van der Waals surface area contributed by atoms with Gasteiger partial charge in [0.2, 0.25) is 0 Å². The summed E-state index contributed by atoms with van der Waals surface area (Å²) in [4.78, 5) is 21.4. The highest BCUT2D eigenvalue weighted by Crippen LogP contribution is 2.23. The van der Waals surface area contributed by atoms with E-state index in [0.29, 0.717) is 24.7 Å². The molecule has 3 aromatic rings. The van der Waals surface area contributed by atoms with E-state index in [-0.39, 0.29) is 5.91 Å². The largest absolute Gasteiger partial charge is 0.345 e. The van der Waals surface area contributed by atoms with Crippen molar-refractivity contribution in [1.82, 2.24) is 24.6 Å². The van der Waals surface area contributed by atoms with Crippen molar-refractivity contribution in [2.24, 2.45) is 0 Å². The lowest BCUT2D eigenvalue weighted by Crippen LogP contribution is -2.50. The quantitative estimate of drug-likeness (QED) is 0.764. The lowest BCUT2D eigenvalue weighted by molar-refractivity contribution is 0.0502. The van der Waals surface area contributed by atoms with E-state index in [1.807, 2.05) is 40.0 Å². The van der Waals surface area contributed by atoms with Gasteiger partial charge in [0.05, 0.1) is 23.4 Å². The number of rotatable bonds is 2. The summed E-state index contributed by atoms with van der Waals surface area (Å²) in [6.45, 7) is 1.42. The number of nitrogens with one attached hydrogen (secondary N) is 1. The molecule has 4 rings (SSSR count). The van der Waals surface area contributed by atoms with Crippen LogP contribution in [0.2, 0.25) is 0 Å². The highest BCUT2D eigenvalue weighted by atomic mass is 16.2. The maximum atomic E-state index is 12.4. The molecule has 0 atom stereocenters. The van der Waals surface area contributed by atoms with Gasteiger partial charge < -0.3 is 9.88 Å². The molecular weight excluding hydrogens is 254 g/mol. The predicted molar refractivity (Wildman–Crippen MR) is 73.3 cm³/mol. The maximum absolute atomic E-state index is 12.4. The number of carbonyl (C=O) groups is 1. The third-order valence-electron chi connectivity index (χ3n) is 3.72. The van der Waals surface area contributed by atoms with Gasteiger partial charge in [-0.15, -0.1) is 0 Å². The van der Waals surface area contributed by atoms with Gasteiger partial charge in [0.1, 0.15) is 0 Å². The van der Waals surface area contributed by atoms with Crippen molar-refractivity contribution < 1.29 is 4.79 Å². The maximum Gasteiger partial charge on any atom is 0.254 e. The van der Waals surface area contributed by atoms with Gasteiger partial charge in [-0.25, -0.2) is 4.98 Å². The van der Waals surface area contributed by atoms with E-state index < -0.39 is 0 Å². The van der Waals surface area contributed by atoms with Crippen LogP contribution in [0.1, 0.15) is 16.4 Å². The number of H-pyrrole nitrogens is 1. The van der Waals surface area contributed by atoms with Crippen molar-refractivity contribution in [1.29, 1.82) is 0 Å². The minimum atomic E-state index is 0.0601.